The first kappa shape index (κ1) is 9.51. The van der Waals surface area contributed by atoms with Crippen LogP contribution in [0.1, 0.15) is 26.7 Å². The molecule has 0 radical (unpaired) electrons. The molecule has 14 heavy (non-hydrogen) atoms. The predicted octanol–water partition coefficient (Wildman–Crippen LogP) is 4.03. The van der Waals surface area contributed by atoms with E-state index in [0.29, 0.717) is 11.8 Å². The molecule has 0 amide bonds. The Balaban J connectivity index is 2.17. The fourth-order valence-corrected chi connectivity index (χ4v) is 2.30. The van der Waals surface area contributed by atoms with E-state index in [9.17, 15) is 0 Å². The Morgan fingerprint density at radius 2 is 2.07 bits per heavy atom. The van der Waals surface area contributed by atoms with Crippen molar-refractivity contribution in [1.29, 1.82) is 0 Å². The van der Waals surface area contributed by atoms with Gasteiger partial charge >= 0.3 is 0 Å². The van der Waals surface area contributed by atoms with Gasteiger partial charge in [0, 0.05) is 5.92 Å². The van der Waals surface area contributed by atoms with Crippen LogP contribution in [0, 0.1) is 11.8 Å². The van der Waals surface area contributed by atoms with Crippen molar-refractivity contribution in [3.8, 4) is 0 Å². The molecule has 0 N–H and O–H groups in total. The summed E-state index contributed by atoms with van der Waals surface area (Å²) in [5.74, 6) is 1.25. The van der Waals surface area contributed by atoms with Crippen LogP contribution >= 0.6 is 0 Å². The monoisotopic (exact) mass is 186 g/mol. The minimum absolute atomic E-state index is 0.607. The van der Waals surface area contributed by atoms with Crippen molar-refractivity contribution >= 4 is 0 Å². The Hall–Kier alpha value is -1.04. The second-order valence-corrected chi connectivity index (χ2v) is 4.34. The van der Waals surface area contributed by atoms with Crippen LogP contribution in [-0.4, -0.2) is 0 Å². The van der Waals surface area contributed by atoms with Crippen LogP contribution in [0.4, 0.5) is 0 Å². The summed E-state index contributed by atoms with van der Waals surface area (Å²) in [6.45, 7) is 4.48. The van der Waals surface area contributed by atoms with Gasteiger partial charge in [0.25, 0.3) is 0 Å². The van der Waals surface area contributed by atoms with Gasteiger partial charge in [0.05, 0.1) is 0 Å². The Morgan fingerprint density at radius 1 is 1.21 bits per heavy atom. The highest BCUT2D eigenvalue weighted by atomic mass is 14.2. The van der Waals surface area contributed by atoms with Crippen LogP contribution in [0.15, 0.2) is 47.6 Å². The maximum atomic E-state index is 2.39. The van der Waals surface area contributed by atoms with Crippen molar-refractivity contribution in [1.82, 2.24) is 0 Å². The first-order valence-electron chi connectivity index (χ1n) is 5.50. The maximum absolute atomic E-state index is 2.39. The maximum Gasteiger partial charge on any atom is 0.00783 e. The van der Waals surface area contributed by atoms with Gasteiger partial charge in [-0.2, -0.15) is 0 Å². The van der Waals surface area contributed by atoms with E-state index in [1.807, 2.05) is 0 Å². The van der Waals surface area contributed by atoms with Gasteiger partial charge in [0.15, 0.2) is 0 Å². The topological polar surface area (TPSA) is 0 Å². The van der Waals surface area contributed by atoms with Crippen LogP contribution in [-0.2, 0) is 0 Å². The average Bonchev–Trinajstić information content (AvgIpc) is 2.19. The largest absolute Gasteiger partial charge is 0.0839 e. The Bertz CT molecular complexity index is 326. The van der Waals surface area contributed by atoms with Crippen molar-refractivity contribution < 1.29 is 0 Å². The highest BCUT2D eigenvalue weighted by Crippen LogP contribution is 2.31. The number of rotatable bonds is 1. The molecule has 0 fully saturated rings. The Labute approximate surface area is 86.7 Å². The molecule has 0 bridgehead atoms. The number of allylic oxidation sites excluding steroid dienone is 8. The smallest absolute Gasteiger partial charge is 0.00783 e. The second kappa shape index (κ2) is 4.00. The summed E-state index contributed by atoms with van der Waals surface area (Å²) in [4.78, 5) is 0. The van der Waals surface area contributed by atoms with Crippen molar-refractivity contribution in [2.75, 3.05) is 0 Å². The fraction of sp³-hybridized carbons (Fsp3) is 0.429. The molecule has 0 aromatic heterocycles. The van der Waals surface area contributed by atoms with Crippen LogP contribution in [0.5, 0.6) is 0 Å². The molecule has 2 unspecified atom stereocenters. The van der Waals surface area contributed by atoms with E-state index >= 15 is 0 Å². The van der Waals surface area contributed by atoms with Crippen LogP contribution in [0.2, 0.25) is 0 Å². The minimum Gasteiger partial charge on any atom is -0.0839 e. The van der Waals surface area contributed by atoms with E-state index in [1.54, 1.807) is 0 Å². The van der Waals surface area contributed by atoms with E-state index < -0.39 is 0 Å². The van der Waals surface area contributed by atoms with E-state index in [4.69, 9.17) is 0 Å². The summed E-state index contributed by atoms with van der Waals surface area (Å²) in [6.07, 6.45) is 16.4. The SMILES string of the molecule is CC1=CC(C)C(C2=CCCC=C2)C=C1. The summed E-state index contributed by atoms with van der Waals surface area (Å²) in [7, 11) is 0. The van der Waals surface area contributed by atoms with Gasteiger partial charge in [-0.05, 0) is 31.3 Å². The molecule has 2 atom stereocenters. The van der Waals surface area contributed by atoms with Crippen LogP contribution in [0.25, 0.3) is 0 Å². The predicted molar refractivity (Wildman–Crippen MR) is 62.0 cm³/mol. The summed E-state index contributed by atoms with van der Waals surface area (Å²) in [5, 5.41) is 0. The lowest BCUT2D eigenvalue weighted by Gasteiger charge is -2.24. The molecule has 2 rings (SSSR count). The third-order valence-electron chi connectivity index (χ3n) is 3.07. The molecule has 2 aliphatic carbocycles. The van der Waals surface area contributed by atoms with Gasteiger partial charge in [-0.3, -0.25) is 0 Å². The summed E-state index contributed by atoms with van der Waals surface area (Å²) < 4.78 is 0. The summed E-state index contributed by atoms with van der Waals surface area (Å²) in [5.41, 5.74) is 2.90. The van der Waals surface area contributed by atoms with Crippen LogP contribution < -0.4 is 0 Å². The third-order valence-corrected chi connectivity index (χ3v) is 3.07. The molecule has 0 aromatic rings. The first-order chi connectivity index (χ1) is 6.77. The lowest BCUT2D eigenvalue weighted by atomic mass is 9.80. The molecule has 74 valence electrons. The Morgan fingerprint density at radius 3 is 2.71 bits per heavy atom. The number of hydrogen-bond acceptors (Lipinski definition) is 0. The molecular formula is C14H18. The molecule has 0 nitrogen and oxygen atoms in total. The lowest BCUT2D eigenvalue weighted by Crippen LogP contribution is -2.13. The summed E-state index contributed by atoms with van der Waals surface area (Å²) in [6, 6.07) is 0. The van der Waals surface area contributed by atoms with Gasteiger partial charge in [0.2, 0.25) is 0 Å². The van der Waals surface area contributed by atoms with E-state index in [1.165, 1.54) is 24.0 Å². The van der Waals surface area contributed by atoms with Gasteiger partial charge in [-0.15, -0.1) is 0 Å². The minimum atomic E-state index is 0.607. The van der Waals surface area contributed by atoms with Crippen molar-refractivity contribution in [2.45, 2.75) is 26.7 Å². The molecule has 0 aromatic carbocycles. The quantitative estimate of drug-likeness (QED) is 0.580. The molecule has 0 saturated carbocycles. The number of hydrogen-bond donors (Lipinski definition) is 0. The van der Waals surface area contributed by atoms with E-state index in [2.05, 4.69) is 50.3 Å². The molecule has 0 aliphatic heterocycles. The van der Waals surface area contributed by atoms with Crippen molar-refractivity contribution in [3.05, 3.63) is 47.6 Å². The normalized spacial score (nSPS) is 31.3. The van der Waals surface area contributed by atoms with E-state index in [-0.39, 0.29) is 0 Å². The molecule has 2 aliphatic rings. The van der Waals surface area contributed by atoms with Crippen molar-refractivity contribution in [3.63, 3.8) is 0 Å². The zero-order chi connectivity index (χ0) is 9.97. The molecule has 0 spiro atoms. The molecule has 0 heteroatoms. The van der Waals surface area contributed by atoms with Gasteiger partial charge in [0.1, 0.15) is 0 Å². The lowest BCUT2D eigenvalue weighted by molar-refractivity contribution is 0.577. The highest BCUT2D eigenvalue weighted by molar-refractivity contribution is 5.35. The fourth-order valence-electron chi connectivity index (χ4n) is 2.30. The molecule has 0 heterocycles. The second-order valence-electron chi connectivity index (χ2n) is 4.34. The first-order valence-corrected chi connectivity index (χ1v) is 5.50. The van der Waals surface area contributed by atoms with Gasteiger partial charge in [-0.1, -0.05) is 49.0 Å². The average molecular weight is 186 g/mol. The van der Waals surface area contributed by atoms with Crippen molar-refractivity contribution in [2.24, 2.45) is 11.8 Å². The van der Waals surface area contributed by atoms with Crippen LogP contribution in [0.3, 0.4) is 0 Å². The highest BCUT2D eigenvalue weighted by Gasteiger charge is 2.18. The third kappa shape index (κ3) is 1.89. The molecule has 0 saturated heterocycles. The van der Waals surface area contributed by atoms with E-state index in [0.717, 1.165) is 0 Å². The zero-order valence-corrected chi connectivity index (χ0v) is 9.03. The molecular weight excluding hydrogens is 168 g/mol. The van der Waals surface area contributed by atoms with Gasteiger partial charge < -0.3 is 0 Å². The summed E-state index contributed by atoms with van der Waals surface area (Å²) >= 11 is 0. The van der Waals surface area contributed by atoms with Gasteiger partial charge in [-0.25, -0.2) is 0 Å². The zero-order valence-electron chi connectivity index (χ0n) is 9.03. The Kier molecular flexibility index (Phi) is 2.72. The standard InChI is InChI=1S/C14H18/c1-11-8-9-14(12(2)10-11)13-6-4-3-5-7-13/h4,6-10,12,14H,3,5H2,1-2H3.